The van der Waals surface area contributed by atoms with Gasteiger partial charge in [0.2, 0.25) is 0 Å². The number of halogens is 4. The van der Waals surface area contributed by atoms with Crippen LogP contribution in [0.5, 0.6) is 5.75 Å². The zero-order chi connectivity index (χ0) is 23.6. The molecule has 170 valence electrons. The number of rotatable bonds is 7. The van der Waals surface area contributed by atoms with Crippen LogP contribution in [0, 0.1) is 0 Å². The number of allylic oxidation sites excluding steroid dienone is 1. The molecule has 3 rings (SSSR count). The van der Waals surface area contributed by atoms with Crippen molar-refractivity contribution in [2.45, 2.75) is 24.8 Å². The van der Waals surface area contributed by atoms with E-state index in [-0.39, 0.29) is 38.5 Å². The number of nitrogens with one attached hydrogen (secondary N) is 4. The van der Waals surface area contributed by atoms with Crippen LogP contribution in [-0.4, -0.2) is 30.8 Å². The molecule has 1 aromatic carbocycles. The second kappa shape index (κ2) is 9.22. The molecule has 2 aliphatic rings. The highest BCUT2D eigenvalue weighted by atomic mass is 35.5. The fraction of sp³-hybridized carbons (Fsp3) is 0.238. The molecule has 0 atom stereocenters. The normalized spacial score (nSPS) is 17.2. The molecule has 0 radical (unpaired) electrons. The van der Waals surface area contributed by atoms with Crippen LogP contribution in [0.4, 0.5) is 14.5 Å². The van der Waals surface area contributed by atoms with E-state index < -0.39 is 36.6 Å². The van der Waals surface area contributed by atoms with E-state index in [4.69, 9.17) is 27.9 Å². The summed E-state index contributed by atoms with van der Waals surface area (Å²) in [5.41, 5.74) is 0.879. The molecule has 0 spiro atoms. The Balaban J connectivity index is 1.72. The van der Waals surface area contributed by atoms with Crippen LogP contribution in [0.3, 0.4) is 0 Å². The van der Waals surface area contributed by atoms with E-state index in [9.17, 15) is 18.4 Å². The Labute approximate surface area is 193 Å². The van der Waals surface area contributed by atoms with Crippen LogP contribution in [-0.2, 0) is 9.59 Å². The maximum atomic E-state index is 13.0. The summed E-state index contributed by atoms with van der Waals surface area (Å²) >= 11 is 12.5. The number of carbonyl (C=O) groups is 2. The van der Waals surface area contributed by atoms with Gasteiger partial charge in [-0.05, 0) is 18.2 Å². The lowest BCUT2D eigenvalue weighted by Gasteiger charge is -2.35. The summed E-state index contributed by atoms with van der Waals surface area (Å²) in [7, 11) is 1.56. The highest BCUT2D eigenvalue weighted by Crippen LogP contribution is 2.39. The minimum absolute atomic E-state index is 0.0916. The average Bonchev–Trinajstić information content (AvgIpc) is 2.69. The Kier molecular flexibility index (Phi) is 6.80. The zero-order valence-corrected chi connectivity index (χ0v) is 18.5. The fourth-order valence-electron chi connectivity index (χ4n) is 2.96. The van der Waals surface area contributed by atoms with Crippen molar-refractivity contribution in [2.24, 2.45) is 0 Å². The molecule has 11 heteroatoms. The van der Waals surface area contributed by atoms with Crippen LogP contribution in [0.15, 0.2) is 60.3 Å². The lowest BCUT2D eigenvalue weighted by molar-refractivity contribution is -0.125. The Morgan fingerprint density at radius 2 is 1.88 bits per heavy atom. The van der Waals surface area contributed by atoms with Gasteiger partial charge in [-0.1, -0.05) is 36.4 Å². The summed E-state index contributed by atoms with van der Waals surface area (Å²) in [4.78, 5) is 24.4. The van der Waals surface area contributed by atoms with Crippen LogP contribution in [0.1, 0.15) is 12.8 Å². The molecule has 1 aromatic rings. The second-order valence-corrected chi connectivity index (χ2v) is 8.03. The largest absolute Gasteiger partial charge is 0.453 e. The van der Waals surface area contributed by atoms with E-state index in [0.717, 1.165) is 0 Å². The van der Waals surface area contributed by atoms with Crippen molar-refractivity contribution in [3.63, 3.8) is 0 Å². The predicted octanol–water partition coefficient (Wildman–Crippen LogP) is 3.84. The smallest absolute Gasteiger partial charge is 0.271 e. The quantitative estimate of drug-likeness (QED) is 0.441. The number of ether oxygens (including phenoxy) is 1. The first-order valence-corrected chi connectivity index (χ1v) is 10.2. The van der Waals surface area contributed by atoms with Gasteiger partial charge >= 0.3 is 0 Å². The van der Waals surface area contributed by atoms with Gasteiger partial charge in [-0.2, -0.15) is 0 Å². The highest BCUT2D eigenvalue weighted by molar-refractivity contribution is 6.37. The van der Waals surface area contributed by atoms with Gasteiger partial charge in [-0.3, -0.25) is 9.59 Å². The Morgan fingerprint density at radius 1 is 1.25 bits per heavy atom. The van der Waals surface area contributed by atoms with E-state index in [1.807, 2.05) is 0 Å². The highest BCUT2D eigenvalue weighted by Gasteiger charge is 2.46. The minimum atomic E-state index is -2.75. The molecule has 32 heavy (non-hydrogen) atoms. The summed E-state index contributed by atoms with van der Waals surface area (Å²) in [6, 6.07) is 2.27. The van der Waals surface area contributed by atoms with E-state index in [1.54, 1.807) is 7.05 Å². The van der Waals surface area contributed by atoms with Gasteiger partial charge in [0.15, 0.2) is 5.75 Å². The van der Waals surface area contributed by atoms with Gasteiger partial charge < -0.3 is 26.0 Å². The number of hydrogen-bond donors (Lipinski definition) is 4. The molecule has 1 aliphatic carbocycles. The third-order valence-electron chi connectivity index (χ3n) is 4.72. The summed E-state index contributed by atoms with van der Waals surface area (Å²) in [5, 5.41) is 10.7. The number of likely N-dealkylation sites (N-methyl/N-ethyl adjacent to an activating group) is 1. The molecule has 7 nitrogen and oxygen atoms in total. The zero-order valence-electron chi connectivity index (χ0n) is 17.0. The monoisotopic (exact) mass is 484 g/mol. The van der Waals surface area contributed by atoms with Gasteiger partial charge in [0.05, 0.1) is 21.3 Å². The van der Waals surface area contributed by atoms with Crippen molar-refractivity contribution in [1.29, 1.82) is 0 Å². The lowest BCUT2D eigenvalue weighted by atomic mass is 9.88. The number of benzene rings is 1. The van der Waals surface area contributed by atoms with Gasteiger partial charge in [0, 0.05) is 43.5 Å². The number of dihydropyridines is 1. The first-order chi connectivity index (χ1) is 15.0. The van der Waals surface area contributed by atoms with E-state index >= 15 is 0 Å². The lowest BCUT2D eigenvalue weighted by Crippen LogP contribution is -2.51. The van der Waals surface area contributed by atoms with Crippen molar-refractivity contribution < 1.29 is 23.1 Å². The summed E-state index contributed by atoms with van der Waals surface area (Å²) in [5.74, 6) is -3.49. The standard InChI is InChI=1S/C21H20Cl2F2N4O3/c1-10-15(20(31)29-13-7-21(24,25)8-13)6-14(9-27-10)32-18-16(22)4-12(5-17(18)23)28-19(30)11(2)26-3/h4-6,9,13,26-27H,1-2,7-8H2,3H3,(H,28,30)(H,29,31). The predicted molar refractivity (Wildman–Crippen MR) is 118 cm³/mol. The van der Waals surface area contributed by atoms with Gasteiger partial charge in [0.25, 0.3) is 17.7 Å². The van der Waals surface area contributed by atoms with Crippen molar-refractivity contribution in [2.75, 3.05) is 12.4 Å². The molecular weight excluding hydrogens is 465 g/mol. The van der Waals surface area contributed by atoms with E-state index in [2.05, 4.69) is 34.4 Å². The van der Waals surface area contributed by atoms with E-state index in [0.29, 0.717) is 5.69 Å². The van der Waals surface area contributed by atoms with Crippen molar-refractivity contribution >= 4 is 40.7 Å². The molecular formula is C21H20Cl2F2N4O3. The molecule has 0 saturated heterocycles. The van der Waals surface area contributed by atoms with Crippen LogP contribution in [0.25, 0.3) is 0 Å². The number of carbonyl (C=O) groups excluding carboxylic acids is 2. The number of anilines is 1. The van der Waals surface area contributed by atoms with Crippen molar-refractivity contribution in [3.05, 3.63) is 70.3 Å². The topological polar surface area (TPSA) is 91.5 Å². The average molecular weight is 485 g/mol. The van der Waals surface area contributed by atoms with Gasteiger partial charge in [-0.25, -0.2) is 8.78 Å². The van der Waals surface area contributed by atoms with Crippen LogP contribution < -0.4 is 26.0 Å². The summed E-state index contributed by atoms with van der Waals surface area (Å²) in [6.07, 6.45) is 2.03. The van der Waals surface area contributed by atoms with E-state index in [1.165, 1.54) is 24.4 Å². The first-order valence-electron chi connectivity index (χ1n) is 9.40. The molecule has 0 aromatic heterocycles. The molecule has 0 bridgehead atoms. The first kappa shape index (κ1) is 23.6. The molecule has 1 aliphatic heterocycles. The second-order valence-electron chi connectivity index (χ2n) is 7.22. The Hall–Kier alpha value is -3.04. The van der Waals surface area contributed by atoms with Crippen molar-refractivity contribution in [1.82, 2.24) is 16.0 Å². The summed E-state index contributed by atoms with van der Waals surface area (Å²) in [6.45, 7) is 7.30. The van der Waals surface area contributed by atoms with Crippen LogP contribution in [0.2, 0.25) is 10.0 Å². The summed E-state index contributed by atoms with van der Waals surface area (Å²) < 4.78 is 31.8. The molecule has 1 fully saturated rings. The molecule has 1 saturated carbocycles. The van der Waals surface area contributed by atoms with Gasteiger partial charge in [0.1, 0.15) is 5.76 Å². The number of alkyl halides is 2. The SMILES string of the molecule is C=C(NC)C(=O)Nc1cc(Cl)c(OC2=CNC(=C)C(C(=O)NC3CC(F)(F)C3)=C2)c(Cl)c1. The molecule has 1 heterocycles. The van der Waals surface area contributed by atoms with Crippen molar-refractivity contribution in [3.8, 4) is 5.75 Å². The fourth-order valence-corrected chi connectivity index (χ4v) is 3.53. The number of hydrogen-bond acceptors (Lipinski definition) is 5. The van der Waals surface area contributed by atoms with Gasteiger partial charge in [-0.15, -0.1) is 0 Å². The molecule has 4 N–H and O–H groups in total. The Bertz CT molecular complexity index is 1040. The Morgan fingerprint density at radius 3 is 2.44 bits per heavy atom. The third kappa shape index (κ3) is 5.41. The maximum Gasteiger partial charge on any atom is 0.271 e. The molecule has 0 unspecified atom stereocenters. The minimum Gasteiger partial charge on any atom is -0.453 e. The molecule has 2 amide bonds. The maximum absolute atomic E-state index is 13.0. The van der Waals surface area contributed by atoms with Crippen LogP contribution >= 0.6 is 23.2 Å². The third-order valence-corrected chi connectivity index (χ3v) is 5.28. The number of amides is 2.